The highest BCUT2D eigenvalue weighted by Crippen LogP contribution is 2.33. The van der Waals surface area contributed by atoms with Gasteiger partial charge >= 0.3 is 6.18 Å². The molecule has 0 unspecified atom stereocenters. The van der Waals surface area contributed by atoms with Crippen LogP contribution in [0.25, 0.3) is 11.3 Å². The molecule has 0 aliphatic rings. The summed E-state index contributed by atoms with van der Waals surface area (Å²) in [6.07, 6.45) is -4.69. The highest BCUT2D eigenvalue weighted by Gasteiger charge is 2.31. The first kappa shape index (κ1) is 14.2. The number of rotatable bonds is 1. The highest BCUT2D eigenvalue weighted by atomic mass is 19.4. The molecule has 1 heterocycles. The first-order valence-corrected chi connectivity index (χ1v) is 5.18. The number of nitrogens with two attached hydrogens (primary N) is 1. The summed E-state index contributed by atoms with van der Waals surface area (Å²) in [7, 11) is 0. The van der Waals surface area contributed by atoms with Gasteiger partial charge in [0.1, 0.15) is 5.82 Å². The molecule has 20 heavy (non-hydrogen) atoms. The zero-order valence-corrected chi connectivity index (χ0v) is 9.60. The third-order valence-electron chi connectivity index (χ3n) is 2.45. The Kier molecular flexibility index (Phi) is 3.33. The Morgan fingerprint density at radius 3 is 1.95 bits per heavy atom. The molecule has 0 fully saturated rings. The number of hydrogen-bond donors (Lipinski definition) is 1. The van der Waals surface area contributed by atoms with Gasteiger partial charge in [0.2, 0.25) is 0 Å². The summed E-state index contributed by atoms with van der Waals surface area (Å²) in [5.74, 6) is -5.25. The molecule has 0 aliphatic heterocycles. The van der Waals surface area contributed by atoms with Crippen LogP contribution in [-0.2, 0) is 6.18 Å². The van der Waals surface area contributed by atoms with Crippen LogP contribution in [0.3, 0.4) is 0 Å². The molecule has 0 radical (unpaired) electrons. The van der Waals surface area contributed by atoms with E-state index in [9.17, 15) is 26.3 Å². The van der Waals surface area contributed by atoms with E-state index in [1.54, 1.807) is 0 Å². The van der Waals surface area contributed by atoms with E-state index in [2.05, 4.69) is 4.98 Å². The van der Waals surface area contributed by atoms with E-state index in [0.717, 1.165) is 0 Å². The number of benzene rings is 1. The van der Waals surface area contributed by atoms with Crippen molar-refractivity contribution in [3.8, 4) is 11.3 Å². The fourth-order valence-corrected chi connectivity index (χ4v) is 1.57. The highest BCUT2D eigenvalue weighted by molar-refractivity contribution is 5.62. The average molecular weight is 292 g/mol. The van der Waals surface area contributed by atoms with E-state index in [1.165, 1.54) is 0 Å². The standard InChI is InChI=1S/C12H6F6N2/c13-7-1-5(2-8(14)11(7)15)9-3-6(12(16,17)18)4-10(19)20-9/h1-4H,(H2,19,20). The van der Waals surface area contributed by atoms with Gasteiger partial charge in [0, 0.05) is 5.56 Å². The fourth-order valence-electron chi connectivity index (χ4n) is 1.57. The van der Waals surface area contributed by atoms with Gasteiger partial charge < -0.3 is 5.73 Å². The minimum atomic E-state index is -4.69. The van der Waals surface area contributed by atoms with Gasteiger partial charge in [-0.2, -0.15) is 13.2 Å². The molecule has 2 rings (SSSR count). The normalized spacial score (nSPS) is 11.7. The van der Waals surface area contributed by atoms with Crippen LogP contribution in [0.15, 0.2) is 24.3 Å². The second kappa shape index (κ2) is 4.69. The van der Waals surface area contributed by atoms with Gasteiger partial charge in [-0.3, -0.25) is 0 Å². The second-order valence-electron chi connectivity index (χ2n) is 3.92. The van der Waals surface area contributed by atoms with E-state index >= 15 is 0 Å². The minimum absolute atomic E-state index is 0.348. The van der Waals surface area contributed by atoms with Crippen molar-refractivity contribution in [2.45, 2.75) is 6.18 Å². The lowest BCUT2D eigenvalue weighted by molar-refractivity contribution is -0.137. The second-order valence-corrected chi connectivity index (χ2v) is 3.92. The molecule has 0 spiro atoms. The van der Waals surface area contributed by atoms with E-state index in [0.29, 0.717) is 24.3 Å². The number of nitrogens with zero attached hydrogens (tertiary/aromatic N) is 1. The maximum absolute atomic E-state index is 13.1. The molecule has 2 aromatic rings. The van der Waals surface area contributed by atoms with Gasteiger partial charge in [-0.25, -0.2) is 18.2 Å². The van der Waals surface area contributed by atoms with Crippen molar-refractivity contribution in [3.05, 3.63) is 47.3 Å². The SMILES string of the molecule is Nc1cc(C(F)(F)F)cc(-c2cc(F)c(F)c(F)c2)n1. The van der Waals surface area contributed by atoms with Crippen molar-refractivity contribution < 1.29 is 26.3 Å². The number of anilines is 1. The molecule has 1 aromatic heterocycles. The van der Waals surface area contributed by atoms with Crippen molar-refractivity contribution in [2.75, 3.05) is 5.73 Å². The van der Waals surface area contributed by atoms with Crippen molar-refractivity contribution >= 4 is 5.82 Å². The van der Waals surface area contributed by atoms with Crippen molar-refractivity contribution in [1.82, 2.24) is 4.98 Å². The summed E-state index contributed by atoms with van der Waals surface area (Å²) in [5.41, 5.74) is 3.35. The number of halogens is 6. The largest absolute Gasteiger partial charge is 0.416 e. The molecule has 8 heteroatoms. The van der Waals surface area contributed by atoms with Crippen LogP contribution in [-0.4, -0.2) is 4.98 Å². The maximum Gasteiger partial charge on any atom is 0.416 e. The van der Waals surface area contributed by atoms with Gasteiger partial charge in [-0.15, -0.1) is 0 Å². The van der Waals surface area contributed by atoms with E-state index < -0.39 is 40.7 Å². The molecule has 2 nitrogen and oxygen atoms in total. The Labute approximate surface area is 108 Å². The molecule has 0 bridgehead atoms. The molecule has 0 saturated carbocycles. The predicted octanol–water partition coefficient (Wildman–Crippen LogP) is 3.77. The molecule has 1 aromatic carbocycles. The van der Waals surface area contributed by atoms with Gasteiger partial charge in [0.15, 0.2) is 17.5 Å². The lowest BCUT2D eigenvalue weighted by Crippen LogP contribution is -2.07. The molecule has 0 amide bonds. The summed E-state index contributed by atoms with van der Waals surface area (Å²) in [5, 5.41) is 0. The van der Waals surface area contributed by atoms with Gasteiger partial charge in [0.05, 0.1) is 11.3 Å². The number of aromatic nitrogens is 1. The van der Waals surface area contributed by atoms with Crippen molar-refractivity contribution in [2.24, 2.45) is 0 Å². The van der Waals surface area contributed by atoms with Crippen LogP contribution < -0.4 is 5.73 Å². The molecule has 0 saturated heterocycles. The van der Waals surface area contributed by atoms with E-state index in [4.69, 9.17) is 5.73 Å². The van der Waals surface area contributed by atoms with Gasteiger partial charge in [-0.05, 0) is 24.3 Å². The molecular weight excluding hydrogens is 286 g/mol. The molecule has 106 valence electrons. The lowest BCUT2D eigenvalue weighted by Gasteiger charge is -2.10. The van der Waals surface area contributed by atoms with Crippen LogP contribution in [0.5, 0.6) is 0 Å². The topological polar surface area (TPSA) is 38.9 Å². The Bertz CT molecular complexity index is 642. The van der Waals surface area contributed by atoms with Gasteiger partial charge in [-0.1, -0.05) is 0 Å². The monoisotopic (exact) mass is 292 g/mol. The Morgan fingerprint density at radius 1 is 0.900 bits per heavy atom. The molecule has 2 N–H and O–H groups in total. The zero-order chi connectivity index (χ0) is 15.1. The first-order valence-electron chi connectivity index (χ1n) is 5.18. The van der Waals surface area contributed by atoms with E-state index in [-0.39, 0.29) is 5.56 Å². The number of nitrogen functional groups attached to an aromatic ring is 1. The third kappa shape index (κ3) is 2.68. The van der Waals surface area contributed by atoms with Crippen molar-refractivity contribution in [1.29, 1.82) is 0 Å². The predicted molar refractivity (Wildman–Crippen MR) is 59.0 cm³/mol. The van der Waals surface area contributed by atoms with Crippen LogP contribution in [0.4, 0.5) is 32.2 Å². The molecular formula is C12H6F6N2. The summed E-state index contributed by atoms with van der Waals surface area (Å²) in [6, 6.07) is 2.24. The maximum atomic E-state index is 13.1. The third-order valence-corrected chi connectivity index (χ3v) is 2.45. The molecule has 0 aliphatic carbocycles. The van der Waals surface area contributed by atoms with Gasteiger partial charge in [0.25, 0.3) is 0 Å². The smallest absolute Gasteiger partial charge is 0.384 e. The summed E-state index contributed by atoms with van der Waals surface area (Å²) in [4.78, 5) is 3.55. The zero-order valence-electron chi connectivity index (χ0n) is 9.60. The first-order chi connectivity index (χ1) is 9.18. The van der Waals surface area contributed by atoms with Crippen molar-refractivity contribution in [3.63, 3.8) is 0 Å². The summed E-state index contributed by atoms with van der Waals surface area (Å²) in [6.45, 7) is 0. The Morgan fingerprint density at radius 2 is 1.45 bits per heavy atom. The Hall–Kier alpha value is -2.25. The number of alkyl halides is 3. The summed E-state index contributed by atoms with van der Waals surface area (Å²) < 4.78 is 76.7. The minimum Gasteiger partial charge on any atom is -0.384 e. The van der Waals surface area contributed by atoms with E-state index in [1.807, 2.05) is 0 Å². The van der Waals surface area contributed by atoms with Crippen LogP contribution >= 0.6 is 0 Å². The average Bonchev–Trinajstić information content (AvgIpc) is 2.33. The quantitative estimate of drug-likeness (QED) is 0.642. The summed E-state index contributed by atoms with van der Waals surface area (Å²) >= 11 is 0. The number of hydrogen-bond acceptors (Lipinski definition) is 2. The number of pyridine rings is 1. The van der Waals surface area contributed by atoms with Crippen LogP contribution in [0.2, 0.25) is 0 Å². The van der Waals surface area contributed by atoms with Crippen LogP contribution in [0.1, 0.15) is 5.56 Å². The van der Waals surface area contributed by atoms with Crippen LogP contribution in [0, 0.1) is 17.5 Å². The molecule has 0 atom stereocenters. The Balaban J connectivity index is 2.61. The fraction of sp³-hybridized carbons (Fsp3) is 0.0833. The lowest BCUT2D eigenvalue weighted by atomic mass is 10.1.